The molecule has 0 amide bonds. The number of benzene rings is 1. The van der Waals surface area contributed by atoms with Crippen molar-refractivity contribution in [1.82, 2.24) is 0 Å². The van der Waals surface area contributed by atoms with Crippen LogP contribution in [0.5, 0.6) is 0 Å². The summed E-state index contributed by atoms with van der Waals surface area (Å²) >= 11 is 0. The van der Waals surface area contributed by atoms with Crippen LogP contribution in [0.2, 0.25) is 0 Å². The monoisotopic (exact) mass is 517 g/mol. The lowest BCUT2D eigenvalue weighted by Gasteiger charge is -2.32. The zero-order valence-electron chi connectivity index (χ0n) is 14.7. The first-order valence-corrected chi connectivity index (χ1v) is 8.95. The van der Waals surface area contributed by atoms with Gasteiger partial charge in [0.2, 0.25) is 0 Å². The van der Waals surface area contributed by atoms with E-state index in [-0.39, 0.29) is 0 Å². The van der Waals surface area contributed by atoms with E-state index in [9.17, 15) is 65.5 Å². The molecule has 18 heteroatoms. The fourth-order valence-corrected chi connectivity index (χ4v) is 2.61. The smallest absolute Gasteiger partial charge is 0.264 e. The summed E-state index contributed by atoms with van der Waals surface area (Å²) in [6.07, 6.45) is -12.9. The van der Waals surface area contributed by atoms with E-state index in [2.05, 4.69) is 9.44 Å². The van der Waals surface area contributed by atoms with Crippen molar-refractivity contribution in [1.29, 1.82) is 0 Å². The van der Waals surface area contributed by atoms with Crippen LogP contribution in [0.15, 0.2) is 35.5 Å². The third-order valence-corrected chi connectivity index (χ3v) is 4.77. The third kappa shape index (κ3) is 4.88. The van der Waals surface area contributed by atoms with Crippen LogP contribution < -0.4 is 0 Å². The minimum atomic E-state index is -7.69. The third-order valence-electron chi connectivity index (χ3n) is 3.61. The van der Waals surface area contributed by atoms with Crippen molar-refractivity contribution in [2.24, 2.45) is 11.1 Å². The van der Waals surface area contributed by atoms with E-state index in [1.165, 1.54) is 0 Å². The summed E-state index contributed by atoms with van der Waals surface area (Å²) in [5.74, 6) is -18.7. The van der Waals surface area contributed by atoms with Crippen LogP contribution >= 0.6 is 0 Å². The van der Waals surface area contributed by atoms with E-state index in [1.807, 2.05) is 0 Å². The average molecular weight is 517 g/mol. The number of alkyl halides is 13. The Bertz CT molecular complexity index is 923. The molecule has 184 valence electrons. The zero-order chi connectivity index (χ0) is 25.4. The molecule has 0 fully saturated rings. The van der Waals surface area contributed by atoms with Crippen LogP contribution in [0.1, 0.15) is 5.56 Å². The largest absolute Gasteiger partial charge is 0.460 e. The van der Waals surface area contributed by atoms with Gasteiger partial charge in [0.05, 0.1) is 0 Å². The van der Waals surface area contributed by atoms with E-state index in [0.717, 1.165) is 18.2 Å². The first-order chi connectivity index (χ1) is 14.1. The summed E-state index contributed by atoms with van der Waals surface area (Å²) in [7, 11) is -7.59. The summed E-state index contributed by atoms with van der Waals surface area (Å²) in [5.41, 5.74) is -2.65. The van der Waals surface area contributed by atoms with Crippen LogP contribution in [0, 0.1) is 5.92 Å². The summed E-state index contributed by atoms with van der Waals surface area (Å²) < 4.78 is 193. The van der Waals surface area contributed by atoms with Crippen LogP contribution in [-0.4, -0.2) is 50.3 Å². The predicted octanol–water partition coefficient (Wildman–Crippen LogP) is 5.31. The maximum absolute atomic E-state index is 13.6. The molecule has 0 aliphatic rings. The molecule has 1 aromatic rings. The van der Waals surface area contributed by atoms with Crippen LogP contribution in [0.4, 0.5) is 57.1 Å². The molecule has 0 aliphatic heterocycles. The molecule has 0 N–H and O–H groups in total. The predicted molar refractivity (Wildman–Crippen MR) is 79.4 cm³/mol. The standard InChI is InChI=1S/C14H8F13NO3S/c15-6-8(10(16,17)18)9(7-4-2-1-3-5-7)28-31-32(29,30)14(26,27)12(21,22)11(19,20)13(23,24)25/h1-5,8H,6H2/b28-9-. The lowest BCUT2D eigenvalue weighted by molar-refractivity contribution is -0.382. The second-order valence-electron chi connectivity index (χ2n) is 5.78. The highest BCUT2D eigenvalue weighted by molar-refractivity contribution is 7.87. The molecule has 0 spiro atoms. The molecule has 0 bridgehead atoms. The van der Waals surface area contributed by atoms with Crippen molar-refractivity contribution in [2.75, 3.05) is 6.67 Å². The summed E-state index contributed by atoms with van der Waals surface area (Å²) in [6, 6.07) is 4.45. The molecule has 0 radical (unpaired) electrons. The van der Waals surface area contributed by atoms with Crippen LogP contribution in [0.25, 0.3) is 0 Å². The van der Waals surface area contributed by atoms with Gasteiger partial charge in [0, 0.05) is 5.56 Å². The maximum Gasteiger partial charge on any atom is 0.460 e. The van der Waals surface area contributed by atoms with Gasteiger partial charge in [-0.05, 0) is 0 Å². The van der Waals surface area contributed by atoms with Gasteiger partial charge >= 0.3 is 39.6 Å². The van der Waals surface area contributed by atoms with E-state index in [0.29, 0.717) is 12.1 Å². The summed E-state index contributed by atoms with van der Waals surface area (Å²) in [6.45, 7) is -2.40. The number of halogens is 13. The first kappa shape index (κ1) is 27.8. The number of oxime groups is 1. The Morgan fingerprint density at radius 1 is 0.844 bits per heavy atom. The normalized spacial score (nSPS) is 16.1. The highest BCUT2D eigenvalue weighted by Gasteiger charge is 2.86. The lowest BCUT2D eigenvalue weighted by atomic mass is 9.97. The van der Waals surface area contributed by atoms with E-state index in [1.54, 1.807) is 0 Å². The van der Waals surface area contributed by atoms with E-state index < -0.39 is 63.4 Å². The molecule has 0 saturated heterocycles. The Labute approximate surface area is 169 Å². The van der Waals surface area contributed by atoms with E-state index >= 15 is 0 Å². The fraction of sp³-hybridized carbons (Fsp3) is 0.500. The SMILES string of the molecule is O=S(=O)(O/N=C(/c1ccccc1)C(CF)C(F)(F)F)C(F)(F)C(F)(F)C(F)(F)C(F)(F)F. The van der Waals surface area contributed by atoms with Crippen LogP contribution in [0.3, 0.4) is 0 Å². The van der Waals surface area contributed by atoms with Crippen molar-refractivity contribution in [2.45, 2.75) is 29.5 Å². The molecule has 1 aromatic carbocycles. The molecular formula is C14H8F13NO3S. The minimum absolute atomic E-state index is 0.688. The number of rotatable bonds is 8. The molecule has 0 aliphatic carbocycles. The molecule has 4 nitrogen and oxygen atoms in total. The highest BCUT2D eigenvalue weighted by Crippen LogP contribution is 2.55. The maximum atomic E-state index is 13.6. The van der Waals surface area contributed by atoms with Gasteiger partial charge in [0.1, 0.15) is 18.3 Å². The molecule has 1 rings (SSSR count). The van der Waals surface area contributed by atoms with Gasteiger partial charge in [-0.25, -0.2) is 0 Å². The van der Waals surface area contributed by atoms with Crippen molar-refractivity contribution >= 4 is 15.8 Å². The average Bonchev–Trinajstić information content (AvgIpc) is 2.63. The summed E-state index contributed by atoms with van der Waals surface area (Å²) in [4.78, 5) is 0. The Morgan fingerprint density at radius 2 is 1.31 bits per heavy atom. The molecule has 0 aromatic heterocycles. The van der Waals surface area contributed by atoms with Crippen molar-refractivity contribution in [3.63, 3.8) is 0 Å². The second kappa shape index (κ2) is 8.58. The number of hydrogen-bond donors (Lipinski definition) is 0. The first-order valence-electron chi connectivity index (χ1n) is 7.54. The van der Waals surface area contributed by atoms with Gasteiger partial charge in [0.25, 0.3) is 0 Å². The molecule has 1 atom stereocenters. The van der Waals surface area contributed by atoms with Crippen molar-refractivity contribution in [3.05, 3.63) is 35.9 Å². The van der Waals surface area contributed by atoms with E-state index in [4.69, 9.17) is 0 Å². The Morgan fingerprint density at radius 3 is 1.69 bits per heavy atom. The van der Waals surface area contributed by atoms with Gasteiger partial charge in [-0.2, -0.15) is 61.1 Å². The molecule has 1 unspecified atom stereocenters. The quantitative estimate of drug-likeness (QED) is 0.267. The molecule has 0 saturated carbocycles. The zero-order valence-corrected chi connectivity index (χ0v) is 15.5. The number of nitrogens with zero attached hydrogens (tertiary/aromatic N) is 1. The Balaban J connectivity index is 3.56. The Kier molecular flexibility index (Phi) is 7.45. The van der Waals surface area contributed by atoms with Gasteiger partial charge in [-0.3, -0.25) is 8.67 Å². The van der Waals surface area contributed by atoms with Gasteiger partial charge in [0.15, 0.2) is 0 Å². The molecular weight excluding hydrogens is 509 g/mol. The van der Waals surface area contributed by atoms with Gasteiger partial charge < -0.3 is 0 Å². The van der Waals surface area contributed by atoms with Crippen molar-refractivity contribution in [3.8, 4) is 0 Å². The highest BCUT2D eigenvalue weighted by atomic mass is 32.2. The molecule has 32 heavy (non-hydrogen) atoms. The lowest BCUT2D eigenvalue weighted by Crippen LogP contribution is -2.63. The summed E-state index contributed by atoms with van der Waals surface area (Å²) in [5, 5.41) is -5.30. The molecule has 0 heterocycles. The van der Waals surface area contributed by atoms with Crippen LogP contribution in [-0.2, 0) is 14.4 Å². The topological polar surface area (TPSA) is 55.7 Å². The fourth-order valence-electron chi connectivity index (χ4n) is 1.90. The van der Waals surface area contributed by atoms with Gasteiger partial charge in [-0.15, -0.1) is 0 Å². The minimum Gasteiger partial charge on any atom is -0.264 e. The number of hydrogen-bond acceptors (Lipinski definition) is 4. The Hall–Kier alpha value is -2.27. The second-order valence-corrected chi connectivity index (χ2v) is 7.35. The van der Waals surface area contributed by atoms with Crippen molar-refractivity contribution < 1.29 is 69.8 Å². The van der Waals surface area contributed by atoms with Gasteiger partial charge in [-0.1, -0.05) is 35.5 Å².